The molecule has 10 heteroatoms. The summed E-state index contributed by atoms with van der Waals surface area (Å²) < 4.78 is 16.7. The standard InChI is InChI=1S/C32H37N3O6S/c1-4-6-19-40-24-15-11-22(12-16-24)20-33-35-29(36)21(3)41-25-17-13-23(14-18-25)30(37)34-31-28(32(38)39-5-2)26-9-7-8-10-27(26)42-31/h11-18,20-21H,4-10,19H2,1-3H3,(H,34,37)(H,35,36)/b33-20-/t21-/m0/s1. The average Bonchev–Trinajstić information content (AvgIpc) is 3.36. The van der Waals surface area contributed by atoms with E-state index in [1.807, 2.05) is 24.3 Å². The monoisotopic (exact) mass is 591 g/mol. The van der Waals surface area contributed by atoms with Crippen molar-refractivity contribution in [2.75, 3.05) is 18.5 Å². The van der Waals surface area contributed by atoms with E-state index in [0.717, 1.165) is 60.3 Å². The van der Waals surface area contributed by atoms with E-state index in [1.54, 1.807) is 44.3 Å². The van der Waals surface area contributed by atoms with Gasteiger partial charge in [0.15, 0.2) is 6.10 Å². The number of thiophene rings is 1. The molecule has 0 saturated heterocycles. The smallest absolute Gasteiger partial charge is 0.341 e. The number of hydrazone groups is 1. The van der Waals surface area contributed by atoms with Crippen molar-refractivity contribution in [3.8, 4) is 11.5 Å². The normalized spacial score (nSPS) is 13.2. The fourth-order valence-electron chi connectivity index (χ4n) is 4.44. The third-order valence-corrected chi connectivity index (χ3v) is 7.92. The molecule has 1 aliphatic rings. The summed E-state index contributed by atoms with van der Waals surface area (Å²) in [5.41, 5.74) is 5.16. The van der Waals surface area contributed by atoms with Gasteiger partial charge in [0.1, 0.15) is 16.5 Å². The quantitative estimate of drug-likeness (QED) is 0.107. The van der Waals surface area contributed by atoms with Crippen LogP contribution in [-0.2, 0) is 22.4 Å². The highest BCUT2D eigenvalue weighted by molar-refractivity contribution is 7.17. The molecule has 42 heavy (non-hydrogen) atoms. The van der Waals surface area contributed by atoms with Crippen molar-refractivity contribution in [3.63, 3.8) is 0 Å². The predicted octanol–water partition coefficient (Wildman–Crippen LogP) is 6.15. The highest BCUT2D eigenvalue weighted by atomic mass is 32.1. The van der Waals surface area contributed by atoms with Crippen molar-refractivity contribution in [1.82, 2.24) is 5.43 Å². The zero-order valence-electron chi connectivity index (χ0n) is 24.2. The molecule has 2 N–H and O–H groups in total. The molecule has 0 saturated carbocycles. The van der Waals surface area contributed by atoms with E-state index < -0.39 is 18.0 Å². The van der Waals surface area contributed by atoms with Crippen molar-refractivity contribution >= 4 is 40.3 Å². The zero-order chi connectivity index (χ0) is 29.9. The Bertz CT molecular complexity index is 1400. The van der Waals surface area contributed by atoms with Gasteiger partial charge in [-0.1, -0.05) is 13.3 Å². The molecule has 0 bridgehead atoms. The summed E-state index contributed by atoms with van der Waals surface area (Å²) in [4.78, 5) is 39.3. The second-order valence-electron chi connectivity index (χ2n) is 9.88. The summed E-state index contributed by atoms with van der Waals surface area (Å²) in [7, 11) is 0. The van der Waals surface area contributed by atoms with Crippen molar-refractivity contribution in [1.29, 1.82) is 0 Å². The Morgan fingerprint density at radius 1 is 1.00 bits per heavy atom. The maximum Gasteiger partial charge on any atom is 0.341 e. The second-order valence-corrected chi connectivity index (χ2v) is 11.0. The Morgan fingerprint density at radius 2 is 1.71 bits per heavy atom. The molecule has 0 fully saturated rings. The largest absolute Gasteiger partial charge is 0.494 e. The van der Waals surface area contributed by atoms with Crippen LogP contribution in [0.15, 0.2) is 53.6 Å². The van der Waals surface area contributed by atoms with Crippen LogP contribution < -0.4 is 20.2 Å². The zero-order valence-corrected chi connectivity index (χ0v) is 25.1. The van der Waals surface area contributed by atoms with E-state index in [2.05, 4.69) is 22.8 Å². The van der Waals surface area contributed by atoms with Crippen LogP contribution in [0.1, 0.15) is 83.2 Å². The van der Waals surface area contributed by atoms with Crippen LogP contribution in [-0.4, -0.2) is 43.3 Å². The Hall–Kier alpha value is -4.18. The highest BCUT2D eigenvalue weighted by Crippen LogP contribution is 2.38. The molecule has 0 aliphatic heterocycles. The first-order valence-electron chi connectivity index (χ1n) is 14.3. The number of hydrogen-bond donors (Lipinski definition) is 2. The van der Waals surface area contributed by atoms with Crippen LogP contribution in [0.4, 0.5) is 5.00 Å². The first-order chi connectivity index (χ1) is 20.4. The van der Waals surface area contributed by atoms with Gasteiger partial charge >= 0.3 is 5.97 Å². The minimum Gasteiger partial charge on any atom is -0.494 e. The third-order valence-electron chi connectivity index (χ3n) is 6.71. The third kappa shape index (κ3) is 8.19. The number of rotatable bonds is 13. The predicted molar refractivity (Wildman–Crippen MR) is 164 cm³/mol. The SMILES string of the molecule is CCCCOc1ccc(/C=N\NC(=O)[C@H](C)Oc2ccc(C(=O)Nc3sc4c(c3C(=O)OCC)CCCC4)cc2)cc1. The average molecular weight is 592 g/mol. The van der Waals surface area contributed by atoms with Crippen molar-refractivity contribution in [2.45, 2.75) is 65.4 Å². The molecule has 1 aromatic heterocycles. The first kappa shape index (κ1) is 30.8. The van der Waals surface area contributed by atoms with E-state index in [0.29, 0.717) is 28.5 Å². The van der Waals surface area contributed by atoms with Gasteiger partial charge in [0.25, 0.3) is 11.8 Å². The molecule has 1 aliphatic carbocycles. The van der Waals surface area contributed by atoms with Crippen molar-refractivity contribution in [3.05, 3.63) is 75.7 Å². The second kappa shape index (κ2) is 15.2. The lowest BCUT2D eigenvalue weighted by molar-refractivity contribution is -0.127. The number of anilines is 1. The number of esters is 1. The van der Waals surface area contributed by atoms with E-state index in [9.17, 15) is 14.4 Å². The summed E-state index contributed by atoms with van der Waals surface area (Å²) in [6.45, 7) is 6.44. The molecular weight excluding hydrogens is 554 g/mol. The minimum atomic E-state index is -0.819. The van der Waals surface area contributed by atoms with Gasteiger partial charge in [-0.2, -0.15) is 5.10 Å². The topological polar surface area (TPSA) is 115 Å². The van der Waals surface area contributed by atoms with Gasteiger partial charge in [-0.05, 0) is 106 Å². The number of amides is 2. The van der Waals surface area contributed by atoms with Gasteiger partial charge in [0.2, 0.25) is 0 Å². The van der Waals surface area contributed by atoms with Crippen LogP contribution in [0.3, 0.4) is 0 Å². The number of unbranched alkanes of at least 4 members (excludes halogenated alkanes) is 1. The molecule has 9 nitrogen and oxygen atoms in total. The van der Waals surface area contributed by atoms with Gasteiger partial charge in [-0.3, -0.25) is 9.59 Å². The lowest BCUT2D eigenvalue weighted by Gasteiger charge is -2.13. The molecule has 1 heterocycles. The summed E-state index contributed by atoms with van der Waals surface area (Å²) in [6, 6.07) is 13.9. The Kier molecular flexibility index (Phi) is 11.1. The van der Waals surface area contributed by atoms with Crippen molar-refractivity contribution in [2.24, 2.45) is 5.10 Å². The van der Waals surface area contributed by atoms with Gasteiger partial charge in [0.05, 0.1) is 25.0 Å². The molecule has 3 aromatic rings. The first-order valence-corrected chi connectivity index (χ1v) is 15.2. The molecule has 4 rings (SSSR count). The molecular formula is C32H37N3O6S. The summed E-state index contributed by atoms with van der Waals surface area (Å²) in [5, 5.41) is 7.44. The number of aryl methyl sites for hydroxylation is 1. The number of benzene rings is 2. The molecule has 222 valence electrons. The van der Waals surface area contributed by atoms with E-state index in [4.69, 9.17) is 14.2 Å². The summed E-state index contributed by atoms with van der Waals surface area (Å²) in [6.07, 6.45) is 6.59. The van der Waals surface area contributed by atoms with E-state index in [-0.39, 0.29) is 12.5 Å². The fraction of sp³-hybridized carbons (Fsp3) is 0.375. The van der Waals surface area contributed by atoms with Crippen LogP contribution in [0.25, 0.3) is 0 Å². The van der Waals surface area contributed by atoms with Gasteiger partial charge in [-0.15, -0.1) is 11.3 Å². The lowest BCUT2D eigenvalue weighted by atomic mass is 9.95. The molecule has 2 amide bonds. The van der Waals surface area contributed by atoms with Gasteiger partial charge in [-0.25, -0.2) is 10.2 Å². The lowest BCUT2D eigenvalue weighted by Crippen LogP contribution is -2.33. The Morgan fingerprint density at radius 3 is 2.43 bits per heavy atom. The number of nitrogens with zero attached hydrogens (tertiary/aromatic N) is 1. The van der Waals surface area contributed by atoms with E-state index in [1.165, 1.54) is 11.3 Å². The van der Waals surface area contributed by atoms with Gasteiger partial charge in [0, 0.05) is 10.4 Å². The summed E-state index contributed by atoms with van der Waals surface area (Å²) in [5.74, 6) is 0.0578. The number of nitrogens with one attached hydrogen (secondary N) is 2. The molecule has 0 radical (unpaired) electrons. The Balaban J connectivity index is 1.30. The van der Waals surface area contributed by atoms with Crippen molar-refractivity contribution < 1.29 is 28.6 Å². The van der Waals surface area contributed by atoms with Crippen LogP contribution in [0.2, 0.25) is 0 Å². The summed E-state index contributed by atoms with van der Waals surface area (Å²) >= 11 is 1.44. The maximum atomic E-state index is 13.0. The number of carbonyl (C=O) groups is 3. The fourth-order valence-corrected chi connectivity index (χ4v) is 5.71. The number of hydrogen-bond acceptors (Lipinski definition) is 8. The van der Waals surface area contributed by atoms with Crippen LogP contribution in [0.5, 0.6) is 11.5 Å². The highest BCUT2D eigenvalue weighted by Gasteiger charge is 2.27. The van der Waals surface area contributed by atoms with E-state index >= 15 is 0 Å². The molecule has 0 spiro atoms. The minimum absolute atomic E-state index is 0.268. The number of ether oxygens (including phenoxy) is 3. The van der Waals surface area contributed by atoms with Gasteiger partial charge < -0.3 is 19.5 Å². The Labute approximate surface area is 250 Å². The molecule has 2 aromatic carbocycles. The number of fused-ring (bicyclic) bond motifs is 1. The molecule has 1 atom stereocenters. The number of carbonyl (C=O) groups excluding carboxylic acids is 3. The van der Waals surface area contributed by atoms with Crippen LogP contribution in [0, 0.1) is 0 Å². The maximum absolute atomic E-state index is 13.0. The molecule has 0 unspecified atom stereocenters. The van der Waals surface area contributed by atoms with Crippen LogP contribution >= 0.6 is 11.3 Å².